The van der Waals surface area contributed by atoms with Gasteiger partial charge in [-0.3, -0.25) is 0 Å². The predicted molar refractivity (Wildman–Crippen MR) is 116 cm³/mol. The van der Waals surface area contributed by atoms with Gasteiger partial charge in [0.05, 0.1) is 11.2 Å². The number of hydrogen-bond acceptors (Lipinski definition) is 5. The molecule has 3 aromatic rings. The number of benzene rings is 2. The summed E-state index contributed by atoms with van der Waals surface area (Å²) in [4.78, 5) is 0. The number of hydrogen-bond donors (Lipinski definition) is 0. The SMILES string of the molecule is CC(C)(C)c1ccc(OCCOc2c(Cl)cc(Cl)cc2/C=N/n2cnnc2)cc1. The average Bonchev–Trinajstić information content (AvgIpc) is 3.18. The molecule has 0 N–H and O–H groups in total. The number of nitrogens with zero attached hydrogens (tertiary/aromatic N) is 4. The summed E-state index contributed by atoms with van der Waals surface area (Å²) in [6, 6.07) is 11.4. The van der Waals surface area contributed by atoms with Gasteiger partial charge in [-0.15, -0.1) is 10.2 Å². The highest BCUT2D eigenvalue weighted by Crippen LogP contribution is 2.31. The molecule has 29 heavy (non-hydrogen) atoms. The maximum atomic E-state index is 6.31. The Kier molecular flexibility index (Phi) is 6.77. The van der Waals surface area contributed by atoms with E-state index in [1.54, 1.807) is 18.3 Å². The van der Waals surface area contributed by atoms with E-state index >= 15 is 0 Å². The zero-order valence-corrected chi connectivity index (χ0v) is 18.0. The molecule has 2 aromatic carbocycles. The minimum atomic E-state index is 0.109. The summed E-state index contributed by atoms with van der Waals surface area (Å²) in [6.45, 7) is 7.22. The Balaban J connectivity index is 1.61. The Morgan fingerprint density at radius 1 is 1.00 bits per heavy atom. The van der Waals surface area contributed by atoms with Crippen molar-refractivity contribution in [2.75, 3.05) is 13.2 Å². The van der Waals surface area contributed by atoms with Crippen molar-refractivity contribution in [1.29, 1.82) is 0 Å². The van der Waals surface area contributed by atoms with Gasteiger partial charge in [-0.2, -0.15) is 5.10 Å². The van der Waals surface area contributed by atoms with Crippen LogP contribution < -0.4 is 9.47 Å². The molecule has 0 saturated heterocycles. The second-order valence-corrected chi connectivity index (χ2v) is 8.21. The van der Waals surface area contributed by atoms with Crippen molar-refractivity contribution >= 4 is 29.4 Å². The van der Waals surface area contributed by atoms with Gasteiger partial charge in [-0.05, 0) is 35.2 Å². The number of aromatic nitrogens is 3. The van der Waals surface area contributed by atoms with Gasteiger partial charge in [-0.1, -0.05) is 56.1 Å². The largest absolute Gasteiger partial charge is 0.490 e. The summed E-state index contributed by atoms with van der Waals surface area (Å²) >= 11 is 12.4. The van der Waals surface area contributed by atoms with Gasteiger partial charge in [0.2, 0.25) is 0 Å². The number of rotatable bonds is 7. The highest BCUT2D eigenvalue weighted by molar-refractivity contribution is 6.36. The molecule has 0 saturated carbocycles. The van der Waals surface area contributed by atoms with Crippen molar-refractivity contribution in [3.63, 3.8) is 0 Å². The van der Waals surface area contributed by atoms with Crippen LogP contribution in [0.4, 0.5) is 0 Å². The first kappa shape index (κ1) is 21.1. The van der Waals surface area contributed by atoms with Crippen molar-refractivity contribution in [2.24, 2.45) is 5.10 Å². The summed E-state index contributed by atoms with van der Waals surface area (Å²) < 4.78 is 13.1. The second kappa shape index (κ2) is 9.29. The lowest BCUT2D eigenvalue weighted by Gasteiger charge is -2.19. The Hall–Kier alpha value is -2.57. The molecule has 1 heterocycles. The molecule has 1 aromatic heterocycles. The molecule has 0 spiro atoms. The number of halogens is 2. The van der Waals surface area contributed by atoms with E-state index < -0.39 is 0 Å². The van der Waals surface area contributed by atoms with Crippen LogP contribution in [0.2, 0.25) is 10.0 Å². The topological polar surface area (TPSA) is 61.5 Å². The summed E-state index contributed by atoms with van der Waals surface area (Å²) in [5, 5.41) is 12.5. The van der Waals surface area contributed by atoms with Crippen molar-refractivity contribution in [3.05, 3.63) is 70.2 Å². The van der Waals surface area contributed by atoms with Crippen molar-refractivity contribution in [3.8, 4) is 11.5 Å². The lowest BCUT2D eigenvalue weighted by atomic mass is 9.87. The summed E-state index contributed by atoms with van der Waals surface area (Å²) in [7, 11) is 0. The van der Waals surface area contributed by atoms with Crippen molar-refractivity contribution in [1.82, 2.24) is 14.9 Å². The standard InChI is InChI=1S/C21H22Cl2N4O2/c1-21(2,3)16-4-6-18(7-5-16)28-8-9-29-20-15(10-17(22)11-19(20)23)12-26-27-13-24-25-14-27/h4-7,10-14H,8-9H2,1-3H3/b26-12+. The molecule has 0 fully saturated rings. The predicted octanol–water partition coefficient (Wildman–Crippen LogP) is 5.22. The van der Waals surface area contributed by atoms with Crippen LogP contribution in [-0.4, -0.2) is 34.3 Å². The molecule has 3 rings (SSSR count). The van der Waals surface area contributed by atoms with E-state index in [1.165, 1.54) is 22.9 Å². The van der Waals surface area contributed by atoms with Crippen molar-refractivity contribution in [2.45, 2.75) is 26.2 Å². The molecule has 0 amide bonds. The van der Waals surface area contributed by atoms with Crippen LogP contribution in [0.1, 0.15) is 31.9 Å². The molecule has 6 nitrogen and oxygen atoms in total. The van der Waals surface area contributed by atoms with Gasteiger partial charge in [0.25, 0.3) is 0 Å². The molecule has 0 aliphatic rings. The zero-order chi connectivity index (χ0) is 20.9. The van der Waals surface area contributed by atoms with E-state index in [4.69, 9.17) is 32.7 Å². The normalized spacial score (nSPS) is 11.8. The Labute approximate surface area is 180 Å². The molecule has 8 heteroatoms. The Morgan fingerprint density at radius 2 is 1.66 bits per heavy atom. The minimum absolute atomic E-state index is 0.109. The van der Waals surface area contributed by atoms with E-state index in [9.17, 15) is 0 Å². The van der Waals surface area contributed by atoms with Gasteiger partial charge in [-0.25, -0.2) is 4.68 Å². The van der Waals surface area contributed by atoms with E-state index in [0.29, 0.717) is 34.6 Å². The molecule has 152 valence electrons. The van der Waals surface area contributed by atoms with E-state index in [1.807, 2.05) is 12.1 Å². The van der Waals surface area contributed by atoms with Crippen LogP contribution in [0, 0.1) is 0 Å². The molecule has 0 radical (unpaired) electrons. The molecule has 0 atom stereocenters. The molecular weight excluding hydrogens is 411 g/mol. The fourth-order valence-electron chi connectivity index (χ4n) is 2.57. The number of ether oxygens (including phenoxy) is 2. The Morgan fingerprint density at radius 3 is 2.31 bits per heavy atom. The molecule has 0 aliphatic heterocycles. The minimum Gasteiger partial charge on any atom is -0.490 e. The monoisotopic (exact) mass is 432 g/mol. The van der Waals surface area contributed by atoms with Crippen LogP contribution in [0.15, 0.2) is 54.2 Å². The van der Waals surface area contributed by atoms with Crippen LogP contribution in [-0.2, 0) is 5.41 Å². The van der Waals surface area contributed by atoms with Gasteiger partial charge in [0, 0.05) is 10.6 Å². The fourth-order valence-corrected chi connectivity index (χ4v) is 3.13. The summed E-state index contributed by atoms with van der Waals surface area (Å²) in [5.41, 5.74) is 2.01. The van der Waals surface area contributed by atoms with Crippen LogP contribution in [0.5, 0.6) is 11.5 Å². The maximum absolute atomic E-state index is 6.31. The van der Waals surface area contributed by atoms with Crippen LogP contribution in [0.25, 0.3) is 0 Å². The van der Waals surface area contributed by atoms with Gasteiger partial charge < -0.3 is 9.47 Å². The molecular formula is C21H22Cl2N4O2. The van der Waals surface area contributed by atoms with Crippen LogP contribution >= 0.6 is 23.2 Å². The average molecular weight is 433 g/mol. The highest BCUT2D eigenvalue weighted by atomic mass is 35.5. The van der Waals surface area contributed by atoms with Crippen LogP contribution in [0.3, 0.4) is 0 Å². The van der Waals surface area contributed by atoms with E-state index in [2.05, 4.69) is 48.2 Å². The fraction of sp³-hybridized carbons (Fsp3) is 0.286. The molecule has 0 unspecified atom stereocenters. The first-order valence-electron chi connectivity index (χ1n) is 9.07. The Bertz CT molecular complexity index is 966. The third-order valence-electron chi connectivity index (χ3n) is 4.09. The van der Waals surface area contributed by atoms with Gasteiger partial charge in [0.15, 0.2) is 0 Å². The first-order valence-corrected chi connectivity index (χ1v) is 9.83. The molecule has 0 aliphatic carbocycles. The highest BCUT2D eigenvalue weighted by Gasteiger charge is 2.13. The van der Waals surface area contributed by atoms with E-state index in [0.717, 1.165) is 5.75 Å². The summed E-state index contributed by atoms with van der Waals surface area (Å²) in [6.07, 6.45) is 4.53. The smallest absolute Gasteiger partial charge is 0.147 e. The first-order chi connectivity index (χ1) is 13.8. The summed E-state index contributed by atoms with van der Waals surface area (Å²) in [5.74, 6) is 1.28. The van der Waals surface area contributed by atoms with Gasteiger partial charge >= 0.3 is 0 Å². The van der Waals surface area contributed by atoms with Crippen molar-refractivity contribution < 1.29 is 9.47 Å². The van der Waals surface area contributed by atoms with E-state index in [-0.39, 0.29) is 5.41 Å². The van der Waals surface area contributed by atoms with Gasteiger partial charge in [0.1, 0.15) is 37.4 Å². The quantitative estimate of drug-likeness (QED) is 0.379. The molecule has 0 bridgehead atoms. The lowest BCUT2D eigenvalue weighted by molar-refractivity contribution is 0.217. The third kappa shape index (κ3) is 5.95. The third-order valence-corrected chi connectivity index (χ3v) is 4.59. The lowest BCUT2D eigenvalue weighted by Crippen LogP contribution is -2.12. The zero-order valence-electron chi connectivity index (χ0n) is 16.5. The second-order valence-electron chi connectivity index (χ2n) is 7.36. The maximum Gasteiger partial charge on any atom is 0.147 e.